The Morgan fingerprint density at radius 1 is 0.312 bits per heavy atom. The number of hydrogen-bond donors (Lipinski definition) is 6. The molecule has 1 aliphatic carbocycles. The number of hydrogen-bond acceptors (Lipinski definition) is 9. The van der Waals surface area contributed by atoms with Gasteiger partial charge < -0.3 is 30.6 Å². The minimum atomic E-state index is 0.0657. The molecule has 9 heteroatoms. The lowest BCUT2D eigenvalue weighted by Crippen LogP contribution is -2.23. The summed E-state index contributed by atoms with van der Waals surface area (Å²) >= 11 is 0. The second kappa shape index (κ2) is 18.4. The van der Waals surface area contributed by atoms with Crippen LogP contribution in [0, 0.1) is 0 Å². The molecular formula is C55H49N3O6. The maximum absolute atomic E-state index is 12.1. The van der Waals surface area contributed by atoms with Gasteiger partial charge in [-0.15, -0.1) is 0 Å². The molecule has 0 spiro atoms. The van der Waals surface area contributed by atoms with E-state index in [-0.39, 0.29) is 73.0 Å². The Hall–Kier alpha value is -7.62. The highest BCUT2D eigenvalue weighted by Gasteiger charge is 2.21. The fourth-order valence-electron chi connectivity index (χ4n) is 8.94. The second-order valence-electron chi connectivity index (χ2n) is 16.7. The van der Waals surface area contributed by atoms with Gasteiger partial charge in [-0.1, -0.05) is 115 Å². The summed E-state index contributed by atoms with van der Waals surface area (Å²) in [7, 11) is 0. The Bertz CT molecular complexity index is 2770. The minimum Gasteiger partial charge on any atom is -0.507 e. The molecule has 6 aromatic carbocycles. The number of phenols is 6. The van der Waals surface area contributed by atoms with Gasteiger partial charge in [-0.05, 0) is 96.6 Å². The molecule has 6 N–H and O–H groups in total. The van der Waals surface area contributed by atoms with Crippen LogP contribution in [0.1, 0.15) is 83.7 Å². The zero-order valence-electron chi connectivity index (χ0n) is 35.3. The number of pyridine rings is 2. The van der Waals surface area contributed by atoms with E-state index in [0.717, 1.165) is 17.0 Å². The van der Waals surface area contributed by atoms with Gasteiger partial charge in [-0.25, -0.2) is 0 Å². The fourth-order valence-corrected chi connectivity index (χ4v) is 8.94. The van der Waals surface area contributed by atoms with E-state index in [1.807, 2.05) is 140 Å². The zero-order valence-corrected chi connectivity index (χ0v) is 35.3. The van der Waals surface area contributed by atoms with Gasteiger partial charge in [0.25, 0.3) is 0 Å². The molecule has 0 amide bonds. The number of phenolic OH excluding ortho intramolecular Hbond substituents is 6. The summed E-state index contributed by atoms with van der Waals surface area (Å²) in [6.45, 7) is 1.58. The van der Waals surface area contributed by atoms with Crippen LogP contribution in [-0.2, 0) is 58.2 Å². The monoisotopic (exact) mass is 847 g/mol. The minimum absolute atomic E-state index is 0.0657. The summed E-state index contributed by atoms with van der Waals surface area (Å²) < 4.78 is 0. The molecule has 0 radical (unpaired) electrons. The fraction of sp³-hybridized carbons (Fsp3) is 0.164. The van der Waals surface area contributed by atoms with E-state index in [1.54, 1.807) is 12.4 Å². The van der Waals surface area contributed by atoms with Crippen LogP contribution in [0.4, 0.5) is 0 Å². The smallest absolute Gasteiger partial charge is 0.122 e. The molecule has 0 aliphatic heterocycles. The molecule has 0 atom stereocenters. The zero-order chi connectivity index (χ0) is 44.2. The van der Waals surface area contributed by atoms with Crippen molar-refractivity contribution in [2.75, 3.05) is 0 Å². The third-order valence-electron chi connectivity index (χ3n) is 12.3. The second-order valence-corrected chi connectivity index (χ2v) is 16.7. The molecule has 2 heterocycles. The van der Waals surface area contributed by atoms with Crippen LogP contribution in [0.3, 0.4) is 0 Å². The van der Waals surface area contributed by atoms with E-state index in [0.29, 0.717) is 86.4 Å². The normalized spacial score (nSPS) is 12.7. The van der Waals surface area contributed by atoms with Gasteiger partial charge in [-0.2, -0.15) is 0 Å². The highest BCUT2D eigenvalue weighted by Crippen LogP contribution is 2.39. The third-order valence-corrected chi connectivity index (χ3v) is 12.3. The van der Waals surface area contributed by atoms with Gasteiger partial charge >= 0.3 is 0 Å². The summed E-state index contributed by atoms with van der Waals surface area (Å²) in [4.78, 5) is 11.5. The van der Waals surface area contributed by atoms with Crippen LogP contribution >= 0.6 is 0 Å². The van der Waals surface area contributed by atoms with Crippen molar-refractivity contribution in [3.8, 4) is 34.5 Å². The van der Waals surface area contributed by atoms with Crippen molar-refractivity contribution in [2.24, 2.45) is 0 Å². The molecule has 1 aliphatic rings. The average molecular weight is 848 g/mol. The molecule has 64 heavy (non-hydrogen) atoms. The molecule has 2 aromatic heterocycles. The quantitative estimate of drug-likeness (QED) is 0.0962. The Morgan fingerprint density at radius 3 is 0.844 bits per heavy atom. The van der Waals surface area contributed by atoms with Gasteiger partial charge in [0.1, 0.15) is 34.5 Å². The largest absolute Gasteiger partial charge is 0.507 e. The number of aromatic hydroxyl groups is 6. The molecule has 8 aromatic rings. The van der Waals surface area contributed by atoms with E-state index in [2.05, 4.69) is 14.9 Å². The van der Waals surface area contributed by atoms with E-state index >= 15 is 0 Å². The highest BCUT2D eigenvalue weighted by molar-refractivity contribution is 5.56. The maximum atomic E-state index is 12.1. The summed E-state index contributed by atoms with van der Waals surface area (Å²) in [5, 5.41) is 70.6. The lowest BCUT2D eigenvalue weighted by atomic mass is 9.91. The number of fused-ring (bicyclic) bond motifs is 12. The van der Waals surface area contributed by atoms with Crippen molar-refractivity contribution in [1.29, 1.82) is 0 Å². The Labute approximate surface area is 372 Å². The third kappa shape index (κ3) is 9.12. The molecule has 12 bridgehead atoms. The topological polar surface area (TPSA) is 150 Å². The standard InChI is InChI=1S/C55H49N3O6/c59-50-36-10-5-11-37(50)27-39-13-7-15-41(52(39)61)29-43-17-9-19-45(54(43)63)31-47-25-35(32-58(33-48-20-1-3-22-56-48)34-49-21-2-4-23-57-49)24-46(55(47)64)30-44-18-8-16-42(53(44)62)28-40-14-6-12-38(26-36)51(40)60/h1-25,59-64H,26-34H2. The van der Waals surface area contributed by atoms with Gasteiger partial charge in [0.05, 0.1) is 11.4 Å². The first kappa shape index (κ1) is 41.7. The van der Waals surface area contributed by atoms with E-state index < -0.39 is 0 Å². The number of aromatic nitrogens is 2. The molecule has 320 valence electrons. The van der Waals surface area contributed by atoms with Crippen molar-refractivity contribution in [3.63, 3.8) is 0 Å². The van der Waals surface area contributed by atoms with Crippen molar-refractivity contribution in [1.82, 2.24) is 14.9 Å². The van der Waals surface area contributed by atoms with Gasteiger partial charge in [0.15, 0.2) is 0 Å². The SMILES string of the molecule is Oc1c2cccc1Cc1cccc(c1O)Cc1cccc(c1O)Cc1cc(CN(Cc3ccccn3)Cc3ccccn3)cc(c1O)Cc1cccc(c1O)Cc1cccc(c1O)C2. The predicted octanol–water partition coefficient (Wildman–Crippen LogP) is 9.77. The number of nitrogens with zero attached hydrogens (tertiary/aromatic N) is 3. The molecule has 9 nitrogen and oxygen atoms in total. The highest BCUT2D eigenvalue weighted by atomic mass is 16.3. The first-order chi connectivity index (χ1) is 31.2. The van der Waals surface area contributed by atoms with Crippen molar-refractivity contribution >= 4 is 0 Å². The number of para-hydroxylation sites is 5. The van der Waals surface area contributed by atoms with Gasteiger partial charge in [-0.3, -0.25) is 14.9 Å². The van der Waals surface area contributed by atoms with E-state index in [1.165, 1.54) is 0 Å². The van der Waals surface area contributed by atoms with Crippen molar-refractivity contribution in [3.05, 3.63) is 236 Å². The number of benzene rings is 6. The molecule has 0 fully saturated rings. The summed E-state index contributed by atoms with van der Waals surface area (Å²) in [6, 6.07) is 43.3. The van der Waals surface area contributed by atoms with Crippen LogP contribution in [0.25, 0.3) is 0 Å². The Kier molecular flexibility index (Phi) is 12.0. The summed E-state index contributed by atoms with van der Waals surface area (Å²) in [6.07, 6.45) is 4.96. The molecule has 9 rings (SSSR count). The van der Waals surface area contributed by atoms with Crippen LogP contribution < -0.4 is 0 Å². The molecule has 0 saturated carbocycles. The van der Waals surface area contributed by atoms with Crippen LogP contribution in [0.15, 0.2) is 152 Å². The van der Waals surface area contributed by atoms with Gasteiger partial charge in [0.2, 0.25) is 0 Å². The number of rotatable bonds is 6. The predicted molar refractivity (Wildman–Crippen MR) is 247 cm³/mol. The van der Waals surface area contributed by atoms with Crippen LogP contribution in [-0.4, -0.2) is 45.5 Å². The summed E-state index contributed by atoms with van der Waals surface area (Å²) in [5.74, 6) is 0.463. The van der Waals surface area contributed by atoms with E-state index in [4.69, 9.17) is 0 Å². The van der Waals surface area contributed by atoms with Crippen LogP contribution in [0.5, 0.6) is 34.5 Å². The molecule has 0 saturated heterocycles. The molecular weight excluding hydrogens is 799 g/mol. The lowest BCUT2D eigenvalue weighted by Gasteiger charge is -2.23. The summed E-state index contributed by atoms with van der Waals surface area (Å²) in [5.41, 5.74) is 10.1. The average Bonchev–Trinajstić information content (AvgIpc) is 3.29. The Balaban J connectivity index is 1.15. The van der Waals surface area contributed by atoms with Crippen molar-refractivity contribution < 1.29 is 30.6 Å². The lowest BCUT2D eigenvalue weighted by molar-refractivity contribution is 0.241. The van der Waals surface area contributed by atoms with Gasteiger partial charge in [0, 0.05) is 70.6 Å². The maximum Gasteiger partial charge on any atom is 0.122 e. The first-order valence-corrected chi connectivity index (χ1v) is 21.5. The van der Waals surface area contributed by atoms with Crippen LogP contribution in [0.2, 0.25) is 0 Å². The first-order valence-electron chi connectivity index (χ1n) is 21.5. The van der Waals surface area contributed by atoms with Crippen molar-refractivity contribution in [2.45, 2.75) is 58.2 Å². The Morgan fingerprint density at radius 2 is 0.578 bits per heavy atom. The van der Waals surface area contributed by atoms with E-state index in [9.17, 15) is 30.6 Å². The molecule has 0 unspecified atom stereocenters.